The van der Waals surface area contributed by atoms with Crippen LogP contribution in [-0.4, -0.2) is 19.0 Å². The molecule has 11 heavy (non-hydrogen) atoms. The lowest BCUT2D eigenvalue weighted by molar-refractivity contribution is -0.124. The van der Waals surface area contributed by atoms with E-state index in [1.54, 1.807) is 0 Å². The average molecular weight is 156 g/mol. The number of rotatable bonds is 2. The number of nitrogens with two attached hydrogens (primary N) is 1. The summed E-state index contributed by atoms with van der Waals surface area (Å²) in [5, 5.41) is 3.18. The largest absolute Gasteiger partial charge is 0.369 e. The van der Waals surface area contributed by atoms with Crippen LogP contribution >= 0.6 is 0 Å². The molecule has 0 aromatic heterocycles. The molecule has 1 aliphatic heterocycles. The fourth-order valence-electron chi connectivity index (χ4n) is 1.73. The van der Waals surface area contributed by atoms with Crippen molar-refractivity contribution in [1.82, 2.24) is 5.32 Å². The molecule has 1 fully saturated rings. The van der Waals surface area contributed by atoms with Gasteiger partial charge in [0.05, 0.1) is 5.92 Å². The number of carbonyl (C=O) groups is 1. The highest BCUT2D eigenvalue weighted by Gasteiger charge is 2.27. The summed E-state index contributed by atoms with van der Waals surface area (Å²) in [6.45, 7) is 3.92. The number of nitrogens with one attached hydrogen (secondary N) is 1. The molecule has 0 aliphatic carbocycles. The minimum Gasteiger partial charge on any atom is -0.369 e. The highest BCUT2D eigenvalue weighted by atomic mass is 16.1. The maximum absolute atomic E-state index is 10.9. The van der Waals surface area contributed by atoms with Crippen molar-refractivity contribution in [1.29, 1.82) is 0 Å². The minimum atomic E-state index is -0.149. The summed E-state index contributed by atoms with van der Waals surface area (Å²) < 4.78 is 0. The molecule has 2 unspecified atom stereocenters. The van der Waals surface area contributed by atoms with E-state index >= 15 is 0 Å². The van der Waals surface area contributed by atoms with Crippen LogP contribution < -0.4 is 11.1 Å². The first-order valence-corrected chi connectivity index (χ1v) is 4.25. The molecule has 0 aromatic rings. The fraction of sp³-hybridized carbons (Fsp3) is 0.875. The van der Waals surface area contributed by atoms with Crippen molar-refractivity contribution >= 4 is 5.91 Å². The van der Waals surface area contributed by atoms with Crippen LogP contribution in [0, 0.1) is 11.8 Å². The molecule has 1 aliphatic rings. The van der Waals surface area contributed by atoms with Crippen LogP contribution in [0.25, 0.3) is 0 Å². The van der Waals surface area contributed by atoms with E-state index in [2.05, 4.69) is 12.2 Å². The van der Waals surface area contributed by atoms with E-state index < -0.39 is 0 Å². The summed E-state index contributed by atoms with van der Waals surface area (Å²) >= 11 is 0. The Hall–Kier alpha value is -0.570. The first kappa shape index (κ1) is 8.53. The topological polar surface area (TPSA) is 55.1 Å². The number of hydrogen-bond acceptors (Lipinski definition) is 2. The molecule has 3 nitrogen and oxygen atoms in total. The highest BCUT2D eigenvalue weighted by molar-refractivity contribution is 5.77. The first-order chi connectivity index (χ1) is 5.25. The molecule has 2 atom stereocenters. The summed E-state index contributed by atoms with van der Waals surface area (Å²) in [5.41, 5.74) is 5.25. The van der Waals surface area contributed by atoms with Crippen LogP contribution in [0.2, 0.25) is 0 Å². The molecule has 64 valence electrons. The van der Waals surface area contributed by atoms with Gasteiger partial charge in [0.2, 0.25) is 5.91 Å². The van der Waals surface area contributed by atoms with Gasteiger partial charge >= 0.3 is 0 Å². The van der Waals surface area contributed by atoms with Crippen LogP contribution in [0.1, 0.15) is 19.8 Å². The van der Waals surface area contributed by atoms with E-state index in [1.807, 2.05) is 0 Å². The molecule has 1 amide bonds. The van der Waals surface area contributed by atoms with Gasteiger partial charge in [-0.2, -0.15) is 0 Å². The van der Waals surface area contributed by atoms with Crippen molar-refractivity contribution in [2.75, 3.05) is 13.1 Å². The van der Waals surface area contributed by atoms with Gasteiger partial charge in [-0.15, -0.1) is 0 Å². The first-order valence-electron chi connectivity index (χ1n) is 4.25. The SMILES string of the molecule is CCC1CCNCC1C(N)=O. The Labute approximate surface area is 67.3 Å². The van der Waals surface area contributed by atoms with Gasteiger partial charge in [-0.1, -0.05) is 13.3 Å². The smallest absolute Gasteiger partial charge is 0.222 e. The minimum absolute atomic E-state index is 0.0637. The van der Waals surface area contributed by atoms with E-state index in [0.29, 0.717) is 5.92 Å². The summed E-state index contributed by atoms with van der Waals surface area (Å²) in [7, 11) is 0. The van der Waals surface area contributed by atoms with Crippen LogP contribution in [-0.2, 0) is 4.79 Å². The maximum atomic E-state index is 10.9. The Morgan fingerprint density at radius 1 is 1.73 bits per heavy atom. The average Bonchev–Trinajstić information content (AvgIpc) is 2.04. The zero-order valence-electron chi connectivity index (χ0n) is 6.97. The predicted molar refractivity (Wildman–Crippen MR) is 44.0 cm³/mol. The van der Waals surface area contributed by atoms with Gasteiger partial charge in [0.25, 0.3) is 0 Å². The summed E-state index contributed by atoms with van der Waals surface area (Å²) in [4.78, 5) is 10.9. The second-order valence-corrected chi connectivity index (χ2v) is 3.17. The van der Waals surface area contributed by atoms with E-state index in [0.717, 1.165) is 25.9 Å². The standard InChI is InChI=1S/C8H16N2O/c1-2-6-3-4-10-5-7(6)8(9)11/h6-7,10H,2-5H2,1H3,(H2,9,11). The normalized spacial score (nSPS) is 31.7. The maximum Gasteiger partial charge on any atom is 0.222 e. The molecule has 1 heterocycles. The quantitative estimate of drug-likeness (QED) is 0.596. The van der Waals surface area contributed by atoms with E-state index in [-0.39, 0.29) is 11.8 Å². The lowest BCUT2D eigenvalue weighted by Crippen LogP contribution is -2.43. The molecule has 1 saturated heterocycles. The van der Waals surface area contributed by atoms with Crippen LogP contribution in [0.15, 0.2) is 0 Å². The zero-order valence-corrected chi connectivity index (χ0v) is 6.97. The van der Waals surface area contributed by atoms with Crippen molar-refractivity contribution in [2.45, 2.75) is 19.8 Å². The van der Waals surface area contributed by atoms with Crippen molar-refractivity contribution in [3.05, 3.63) is 0 Å². The molecule has 3 N–H and O–H groups in total. The molecule has 1 rings (SSSR count). The lowest BCUT2D eigenvalue weighted by Gasteiger charge is -2.28. The monoisotopic (exact) mass is 156 g/mol. The molecule has 0 radical (unpaired) electrons. The third-order valence-corrected chi connectivity index (χ3v) is 2.52. The second kappa shape index (κ2) is 3.72. The van der Waals surface area contributed by atoms with Crippen LogP contribution in [0.5, 0.6) is 0 Å². The van der Waals surface area contributed by atoms with Gasteiger partial charge in [0.1, 0.15) is 0 Å². The van der Waals surface area contributed by atoms with Crippen molar-refractivity contribution < 1.29 is 4.79 Å². The van der Waals surface area contributed by atoms with Crippen LogP contribution in [0.4, 0.5) is 0 Å². The fourth-order valence-corrected chi connectivity index (χ4v) is 1.73. The zero-order chi connectivity index (χ0) is 8.27. The third-order valence-electron chi connectivity index (χ3n) is 2.52. The molecule has 0 aromatic carbocycles. The van der Waals surface area contributed by atoms with Gasteiger partial charge < -0.3 is 11.1 Å². The number of piperidine rings is 1. The van der Waals surface area contributed by atoms with E-state index in [9.17, 15) is 4.79 Å². The van der Waals surface area contributed by atoms with E-state index in [1.165, 1.54) is 0 Å². The molecule has 0 saturated carbocycles. The van der Waals surface area contributed by atoms with Crippen LogP contribution in [0.3, 0.4) is 0 Å². The molecule has 3 heteroatoms. The summed E-state index contributed by atoms with van der Waals surface area (Å²) in [6, 6.07) is 0. The predicted octanol–water partition coefficient (Wildman–Crippen LogP) is 0.107. The van der Waals surface area contributed by atoms with Gasteiger partial charge in [0.15, 0.2) is 0 Å². The molecule has 0 bridgehead atoms. The van der Waals surface area contributed by atoms with Crippen molar-refractivity contribution in [3.8, 4) is 0 Å². The molecular formula is C8H16N2O. The number of hydrogen-bond donors (Lipinski definition) is 2. The van der Waals surface area contributed by atoms with Gasteiger partial charge in [-0.25, -0.2) is 0 Å². The molecule has 0 spiro atoms. The van der Waals surface area contributed by atoms with Gasteiger partial charge in [-0.05, 0) is 18.9 Å². The second-order valence-electron chi connectivity index (χ2n) is 3.17. The number of amides is 1. The number of primary amides is 1. The summed E-state index contributed by atoms with van der Waals surface area (Å²) in [6.07, 6.45) is 2.15. The molecular weight excluding hydrogens is 140 g/mol. The number of carbonyl (C=O) groups excluding carboxylic acids is 1. The third kappa shape index (κ3) is 1.93. The lowest BCUT2D eigenvalue weighted by atomic mass is 9.84. The van der Waals surface area contributed by atoms with E-state index in [4.69, 9.17) is 5.73 Å². The highest BCUT2D eigenvalue weighted by Crippen LogP contribution is 2.21. The Balaban J connectivity index is 2.51. The Morgan fingerprint density at radius 3 is 2.91 bits per heavy atom. The van der Waals surface area contributed by atoms with Crippen molar-refractivity contribution in [2.24, 2.45) is 17.6 Å². The summed E-state index contributed by atoms with van der Waals surface area (Å²) in [5.74, 6) is 0.423. The van der Waals surface area contributed by atoms with Gasteiger partial charge in [-0.3, -0.25) is 4.79 Å². The van der Waals surface area contributed by atoms with Crippen molar-refractivity contribution in [3.63, 3.8) is 0 Å². The Bertz CT molecular complexity index is 147. The Kier molecular flexibility index (Phi) is 2.88. The Morgan fingerprint density at radius 2 is 2.45 bits per heavy atom. The van der Waals surface area contributed by atoms with Gasteiger partial charge in [0, 0.05) is 6.54 Å².